The predicted octanol–water partition coefficient (Wildman–Crippen LogP) is 4.37. The molecule has 0 aliphatic heterocycles. The van der Waals surface area contributed by atoms with Crippen LogP contribution in [0.4, 0.5) is 0 Å². The number of rotatable bonds is 6. The molecule has 3 unspecified atom stereocenters. The van der Waals surface area contributed by atoms with Gasteiger partial charge in [-0.25, -0.2) is 0 Å². The van der Waals surface area contributed by atoms with Gasteiger partial charge in [-0.3, -0.25) is 0 Å². The van der Waals surface area contributed by atoms with Crippen molar-refractivity contribution in [2.75, 3.05) is 0 Å². The fourth-order valence-electron chi connectivity index (χ4n) is 3.22. The third-order valence-electron chi connectivity index (χ3n) is 4.16. The molecule has 16 heavy (non-hydrogen) atoms. The number of hydrogen-bond acceptors (Lipinski definition) is 1. The molecule has 1 fully saturated rings. The van der Waals surface area contributed by atoms with E-state index in [1.54, 1.807) is 0 Å². The molecule has 0 aromatic carbocycles. The van der Waals surface area contributed by atoms with Crippen molar-refractivity contribution in [1.82, 2.24) is 5.32 Å². The summed E-state index contributed by atoms with van der Waals surface area (Å²) in [6.45, 7) is 9.44. The fraction of sp³-hybridized carbons (Fsp3) is 1.00. The second-order valence-corrected chi connectivity index (χ2v) is 5.94. The molecule has 0 spiro atoms. The summed E-state index contributed by atoms with van der Waals surface area (Å²) >= 11 is 0. The quantitative estimate of drug-likeness (QED) is 0.708. The van der Waals surface area contributed by atoms with Gasteiger partial charge in [-0.15, -0.1) is 0 Å². The average Bonchev–Trinajstić information content (AvgIpc) is 2.23. The van der Waals surface area contributed by atoms with Gasteiger partial charge in [0.15, 0.2) is 0 Å². The molecule has 1 N–H and O–H groups in total. The van der Waals surface area contributed by atoms with E-state index in [1.807, 2.05) is 0 Å². The van der Waals surface area contributed by atoms with E-state index in [0.29, 0.717) is 0 Å². The summed E-state index contributed by atoms with van der Waals surface area (Å²) in [6, 6.07) is 1.56. The third-order valence-corrected chi connectivity index (χ3v) is 4.16. The Morgan fingerprint density at radius 3 is 2.19 bits per heavy atom. The summed E-state index contributed by atoms with van der Waals surface area (Å²) in [5, 5.41) is 3.93. The van der Waals surface area contributed by atoms with Gasteiger partial charge in [-0.1, -0.05) is 40.5 Å². The van der Waals surface area contributed by atoms with Crippen LogP contribution in [-0.4, -0.2) is 12.1 Å². The lowest BCUT2D eigenvalue weighted by molar-refractivity contribution is 0.207. The fourth-order valence-corrected chi connectivity index (χ4v) is 3.22. The molecule has 0 bridgehead atoms. The summed E-state index contributed by atoms with van der Waals surface area (Å²) in [6.07, 6.45) is 9.57. The van der Waals surface area contributed by atoms with Crippen molar-refractivity contribution in [2.45, 2.75) is 84.7 Å². The maximum Gasteiger partial charge on any atom is 0.00954 e. The molecule has 1 heteroatoms. The Balaban J connectivity index is 2.37. The first-order valence-corrected chi connectivity index (χ1v) is 7.43. The molecule has 1 aliphatic rings. The van der Waals surface area contributed by atoms with E-state index in [0.717, 1.165) is 23.9 Å². The molecule has 0 radical (unpaired) electrons. The maximum atomic E-state index is 3.93. The molecular formula is C15H31N. The second-order valence-electron chi connectivity index (χ2n) is 5.94. The number of nitrogens with one attached hydrogen (secondary N) is 1. The number of hydrogen-bond donors (Lipinski definition) is 1. The van der Waals surface area contributed by atoms with E-state index in [2.05, 4.69) is 33.0 Å². The molecule has 1 nitrogen and oxygen atoms in total. The highest BCUT2D eigenvalue weighted by atomic mass is 15.0. The molecule has 0 aromatic rings. The van der Waals surface area contributed by atoms with Crippen LogP contribution in [0, 0.1) is 11.8 Å². The van der Waals surface area contributed by atoms with E-state index < -0.39 is 0 Å². The van der Waals surface area contributed by atoms with Crippen molar-refractivity contribution in [2.24, 2.45) is 11.8 Å². The van der Waals surface area contributed by atoms with E-state index in [9.17, 15) is 0 Å². The molecule has 1 aliphatic carbocycles. The summed E-state index contributed by atoms with van der Waals surface area (Å²) in [5.74, 6) is 1.82. The van der Waals surface area contributed by atoms with Gasteiger partial charge in [-0.2, -0.15) is 0 Å². The summed E-state index contributed by atoms with van der Waals surface area (Å²) in [4.78, 5) is 0. The molecular weight excluding hydrogens is 194 g/mol. The highest BCUT2D eigenvalue weighted by Gasteiger charge is 2.26. The Kier molecular flexibility index (Phi) is 6.41. The summed E-state index contributed by atoms with van der Waals surface area (Å²) < 4.78 is 0. The molecule has 3 atom stereocenters. The van der Waals surface area contributed by atoms with Crippen LogP contribution in [-0.2, 0) is 0 Å². The van der Waals surface area contributed by atoms with Crippen molar-refractivity contribution in [3.8, 4) is 0 Å². The van der Waals surface area contributed by atoms with Crippen LogP contribution in [0.15, 0.2) is 0 Å². The standard InChI is InChI=1S/C15H31N/c1-5-7-14(8-6-2)16-15-10-9-12(3)11-13(15)4/h12-16H,5-11H2,1-4H3. The van der Waals surface area contributed by atoms with Gasteiger partial charge in [0.1, 0.15) is 0 Å². The van der Waals surface area contributed by atoms with Crippen LogP contribution in [0.5, 0.6) is 0 Å². The zero-order valence-corrected chi connectivity index (χ0v) is 11.8. The summed E-state index contributed by atoms with van der Waals surface area (Å²) in [5.41, 5.74) is 0. The van der Waals surface area contributed by atoms with Crippen molar-refractivity contribution < 1.29 is 0 Å². The Hall–Kier alpha value is -0.0400. The van der Waals surface area contributed by atoms with Crippen molar-refractivity contribution in [1.29, 1.82) is 0 Å². The smallest absolute Gasteiger partial charge is 0.00954 e. The molecule has 96 valence electrons. The largest absolute Gasteiger partial charge is 0.311 e. The average molecular weight is 225 g/mol. The predicted molar refractivity (Wildman–Crippen MR) is 72.7 cm³/mol. The van der Waals surface area contributed by atoms with Gasteiger partial charge >= 0.3 is 0 Å². The summed E-state index contributed by atoms with van der Waals surface area (Å²) in [7, 11) is 0. The molecule has 0 aromatic heterocycles. The zero-order valence-electron chi connectivity index (χ0n) is 11.8. The zero-order chi connectivity index (χ0) is 12.0. The third kappa shape index (κ3) is 4.45. The minimum absolute atomic E-state index is 0.774. The minimum Gasteiger partial charge on any atom is -0.311 e. The van der Waals surface area contributed by atoms with E-state index >= 15 is 0 Å². The van der Waals surface area contributed by atoms with E-state index in [-0.39, 0.29) is 0 Å². The lowest BCUT2D eigenvalue weighted by atomic mass is 9.79. The molecule has 1 rings (SSSR count). The minimum atomic E-state index is 0.774. The molecule has 0 heterocycles. The van der Waals surface area contributed by atoms with Gasteiger partial charge in [0.05, 0.1) is 0 Å². The first-order valence-electron chi connectivity index (χ1n) is 7.43. The van der Waals surface area contributed by atoms with Gasteiger partial charge < -0.3 is 5.32 Å². The lowest BCUT2D eigenvalue weighted by Gasteiger charge is -2.36. The Labute approximate surface area is 102 Å². The molecule has 0 amide bonds. The Morgan fingerprint density at radius 2 is 1.69 bits per heavy atom. The second kappa shape index (κ2) is 7.32. The van der Waals surface area contributed by atoms with Crippen molar-refractivity contribution in [3.63, 3.8) is 0 Å². The Morgan fingerprint density at radius 1 is 1.06 bits per heavy atom. The van der Waals surface area contributed by atoms with Crippen LogP contribution in [0.1, 0.15) is 72.6 Å². The van der Waals surface area contributed by atoms with Crippen molar-refractivity contribution >= 4 is 0 Å². The normalized spacial score (nSPS) is 30.9. The molecule has 1 saturated carbocycles. The van der Waals surface area contributed by atoms with E-state index in [1.165, 1.54) is 44.9 Å². The SMILES string of the molecule is CCCC(CCC)NC1CCC(C)CC1C. The van der Waals surface area contributed by atoms with Gasteiger partial charge in [-0.05, 0) is 43.9 Å². The Bertz CT molecular complexity index is 172. The monoisotopic (exact) mass is 225 g/mol. The van der Waals surface area contributed by atoms with Crippen LogP contribution in [0.2, 0.25) is 0 Å². The van der Waals surface area contributed by atoms with Gasteiger partial charge in [0.25, 0.3) is 0 Å². The highest BCUT2D eigenvalue weighted by molar-refractivity contribution is 4.83. The highest BCUT2D eigenvalue weighted by Crippen LogP contribution is 2.29. The molecule has 0 saturated heterocycles. The van der Waals surface area contributed by atoms with Crippen LogP contribution < -0.4 is 5.32 Å². The van der Waals surface area contributed by atoms with Gasteiger partial charge in [0.2, 0.25) is 0 Å². The van der Waals surface area contributed by atoms with Crippen LogP contribution in [0.3, 0.4) is 0 Å². The maximum absolute atomic E-state index is 3.93. The lowest BCUT2D eigenvalue weighted by Crippen LogP contribution is -2.44. The van der Waals surface area contributed by atoms with E-state index in [4.69, 9.17) is 0 Å². The van der Waals surface area contributed by atoms with Crippen molar-refractivity contribution in [3.05, 3.63) is 0 Å². The van der Waals surface area contributed by atoms with Crippen LogP contribution >= 0.6 is 0 Å². The van der Waals surface area contributed by atoms with Crippen LogP contribution in [0.25, 0.3) is 0 Å². The first kappa shape index (κ1) is 14.0. The topological polar surface area (TPSA) is 12.0 Å². The first-order chi connectivity index (χ1) is 7.67. The van der Waals surface area contributed by atoms with Gasteiger partial charge in [0, 0.05) is 12.1 Å².